The summed E-state index contributed by atoms with van der Waals surface area (Å²) in [6.45, 7) is 5.47. The Balaban J connectivity index is 0.00000208. The topological polar surface area (TPSA) is 54.2 Å². The molecule has 1 fully saturated rings. The lowest BCUT2D eigenvalue weighted by molar-refractivity contribution is 0.680. The summed E-state index contributed by atoms with van der Waals surface area (Å²) < 4.78 is 1.94. The summed E-state index contributed by atoms with van der Waals surface area (Å²) in [5, 5.41) is 11.1. The molecule has 3 rings (SSSR count). The van der Waals surface area contributed by atoms with Gasteiger partial charge in [0.25, 0.3) is 0 Å². The first-order chi connectivity index (χ1) is 11.3. The van der Waals surface area contributed by atoms with Gasteiger partial charge in [-0.1, -0.05) is 24.3 Å². The molecule has 1 heterocycles. The molecule has 1 aliphatic carbocycles. The zero-order chi connectivity index (χ0) is 15.9. The SMILES string of the molecule is CCNC(=NCc1ccccc1Cn1cccn1)NCC1CC1.I. The third-order valence-electron chi connectivity index (χ3n) is 4.02. The van der Waals surface area contributed by atoms with Gasteiger partial charge in [0.15, 0.2) is 5.96 Å². The molecule has 1 aliphatic rings. The smallest absolute Gasteiger partial charge is 0.191 e. The molecule has 1 aromatic heterocycles. The Morgan fingerprint density at radius 1 is 1.21 bits per heavy atom. The van der Waals surface area contributed by atoms with Gasteiger partial charge in [0.1, 0.15) is 0 Å². The van der Waals surface area contributed by atoms with E-state index < -0.39 is 0 Å². The van der Waals surface area contributed by atoms with E-state index in [4.69, 9.17) is 4.99 Å². The van der Waals surface area contributed by atoms with Crippen LogP contribution < -0.4 is 10.6 Å². The Morgan fingerprint density at radius 3 is 2.67 bits per heavy atom. The number of halogens is 1. The minimum absolute atomic E-state index is 0. The van der Waals surface area contributed by atoms with Crippen LogP contribution in [0.2, 0.25) is 0 Å². The second-order valence-corrected chi connectivity index (χ2v) is 5.99. The van der Waals surface area contributed by atoms with E-state index in [1.54, 1.807) is 0 Å². The molecule has 0 bridgehead atoms. The number of rotatable bonds is 7. The van der Waals surface area contributed by atoms with Crippen molar-refractivity contribution in [3.05, 3.63) is 53.9 Å². The van der Waals surface area contributed by atoms with Gasteiger partial charge in [0, 0.05) is 25.5 Å². The molecular weight excluding hydrogens is 413 g/mol. The first kappa shape index (κ1) is 18.8. The number of aromatic nitrogens is 2. The Morgan fingerprint density at radius 2 is 2.00 bits per heavy atom. The van der Waals surface area contributed by atoms with Gasteiger partial charge in [0.05, 0.1) is 13.1 Å². The molecule has 0 amide bonds. The maximum absolute atomic E-state index is 4.74. The van der Waals surface area contributed by atoms with Crippen LogP contribution in [0.1, 0.15) is 30.9 Å². The third-order valence-corrected chi connectivity index (χ3v) is 4.02. The highest BCUT2D eigenvalue weighted by molar-refractivity contribution is 14.0. The molecular formula is C18H26IN5. The minimum Gasteiger partial charge on any atom is -0.357 e. The Kier molecular flexibility index (Phi) is 7.55. The monoisotopic (exact) mass is 439 g/mol. The molecule has 130 valence electrons. The number of hydrogen-bond donors (Lipinski definition) is 2. The predicted molar refractivity (Wildman–Crippen MR) is 109 cm³/mol. The first-order valence-corrected chi connectivity index (χ1v) is 8.41. The fraction of sp³-hybridized carbons (Fsp3) is 0.444. The zero-order valence-electron chi connectivity index (χ0n) is 14.1. The van der Waals surface area contributed by atoms with Crippen LogP contribution in [0.3, 0.4) is 0 Å². The molecule has 24 heavy (non-hydrogen) atoms. The molecule has 1 saturated carbocycles. The number of nitrogens with zero attached hydrogens (tertiary/aromatic N) is 3. The van der Waals surface area contributed by atoms with E-state index in [-0.39, 0.29) is 24.0 Å². The fourth-order valence-corrected chi connectivity index (χ4v) is 2.50. The highest BCUT2D eigenvalue weighted by atomic mass is 127. The minimum atomic E-state index is 0. The lowest BCUT2D eigenvalue weighted by Crippen LogP contribution is -2.38. The zero-order valence-corrected chi connectivity index (χ0v) is 16.4. The fourth-order valence-electron chi connectivity index (χ4n) is 2.50. The molecule has 5 nitrogen and oxygen atoms in total. The third kappa shape index (κ3) is 5.81. The summed E-state index contributed by atoms with van der Waals surface area (Å²) in [7, 11) is 0. The van der Waals surface area contributed by atoms with Crippen molar-refractivity contribution in [2.45, 2.75) is 32.9 Å². The maximum atomic E-state index is 4.74. The van der Waals surface area contributed by atoms with Crippen LogP contribution >= 0.6 is 24.0 Å². The normalized spacial score (nSPS) is 14.1. The second kappa shape index (κ2) is 9.66. The van der Waals surface area contributed by atoms with Gasteiger partial charge >= 0.3 is 0 Å². The average Bonchev–Trinajstić information content (AvgIpc) is 3.26. The number of aliphatic imine (C=N–C) groups is 1. The summed E-state index contributed by atoms with van der Waals surface area (Å²) in [5.41, 5.74) is 2.50. The summed E-state index contributed by atoms with van der Waals surface area (Å²) in [6, 6.07) is 10.4. The molecule has 2 N–H and O–H groups in total. The van der Waals surface area contributed by atoms with Crippen molar-refractivity contribution in [3.63, 3.8) is 0 Å². The van der Waals surface area contributed by atoms with Crippen molar-refractivity contribution in [1.29, 1.82) is 0 Å². The van der Waals surface area contributed by atoms with Gasteiger partial charge < -0.3 is 10.6 Å². The number of guanidine groups is 1. The largest absolute Gasteiger partial charge is 0.357 e. The van der Waals surface area contributed by atoms with E-state index in [1.165, 1.54) is 24.0 Å². The second-order valence-electron chi connectivity index (χ2n) is 5.99. The van der Waals surface area contributed by atoms with Gasteiger partial charge in [-0.05, 0) is 42.9 Å². The van der Waals surface area contributed by atoms with Crippen LogP contribution in [0.15, 0.2) is 47.7 Å². The van der Waals surface area contributed by atoms with Crippen LogP contribution in [0, 0.1) is 5.92 Å². The lowest BCUT2D eigenvalue weighted by Gasteiger charge is -2.12. The van der Waals surface area contributed by atoms with Crippen LogP contribution in [0.5, 0.6) is 0 Å². The predicted octanol–water partition coefficient (Wildman–Crippen LogP) is 3.01. The molecule has 0 radical (unpaired) electrons. The van der Waals surface area contributed by atoms with Gasteiger partial charge in [-0.25, -0.2) is 4.99 Å². The lowest BCUT2D eigenvalue weighted by atomic mass is 10.1. The highest BCUT2D eigenvalue weighted by Crippen LogP contribution is 2.27. The quantitative estimate of drug-likeness (QED) is 0.396. The van der Waals surface area contributed by atoms with Crippen molar-refractivity contribution in [1.82, 2.24) is 20.4 Å². The molecule has 0 spiro atoms. The summed E-state index contributed by atoms with van der Waals surface area (Å²) in [6.07, 6.45) is 6.49. The Labute approximate surface area is 161 Å². The summed E-state index contributed by atoms with van der Waals surface area (Å²) in [5.74, 6) is 1.75. The molecule has 0 atom stereocenters. The number of hydrogen-bond acceptors (Lipinski definition) is 2. The first-order valence-electron chi connectivity index (χ1n) is 8.41. The highest BCUT2D eigenvalue weighted by Gasteiger charge is 2.21. The Hall–Kier alpha value is -1.57. The van der Waals surface area contributed by atoms with E-state index in [2.05, 4.69) is 46.9 Å². The van der Waals surface area contributed by atoms with Crippen molar-refractivity contribution < 1.29 is 0 Å². The van der Waals surface area contributed by atoms with E-state index in [0.29, 0.717) is 6.54 Å². The number of nitrogens with one attached hydrogen (secondary N) is 2. The van der Waals surface area contributed by atoms with Gasteiger partial charge in [0.2, 0.25) is 0 Å². The van der Waals surface area contributed by atoms with Crippen LogP contribution in [-0.4, -0.2) is 28.8 Å². The molecule has 6 heteroatoms. The van der Waals surface area contributed by atoms with Crippen molar-refractivity contribution >= 4 is 29.9 Å². The van der Waals surface area contributed by atoms with Gasteiger partial charge in [-0.3, -0.25) is 4.68 Å². The van der Waals surface area contributed by atoms with E-state index in [0.717, 1.165) is 31.5 Å². The summed E-state index contributed by atoms with van der Waals surface area (Å²) >= 11 is 0. The maximum Gasteiger partial charge on any atom is 0.191 e. The van der Waals surface area contributed by atoms with Crippen LogP contribution in [-0.2, 0) is 13.1 Å². The van der Waals surface area contributed by atoms with Crippen molar-refractivity contribution in [2.24, 2.45) is 10.9 Å². The average molecular weight is 439 g/mol. The van der Waals surface area contributed by atoms with E-state index >= 15 is 0 Å². The Bertz CT molecular complexity index is 635. The van der Waals surface area contributed by atoms with E-state index in [1.807, 2.05) is 23.1 Å². The van der Waals surface area contributed by atoms with Crippen molar-refractivity contribution in [2.75, 3.05) is 13.1 Å². The van der Waals surface area contributed by atoms with Crippen LogP contribution in [0.4, 0.5) is 0 Å². The van der Waals surface area contributed by atoms with E-state index in [9.17, 15) is 0 Å². The van der Waals surface area contributed by atoms with Crippen molar-refractivity contribution in [3.8, 4) is 0 Å². The molecule has 2 aromatic rings. The summed E-state index contributed by atoms with van der Waals surface area (Å²) in [4.78, 5) is 4.74. The molecule has 0 saturated heterocycles. The molecule has 0 unspecified atom stereocenters. The standard InChI is InChI=1S/C18H25N5.HI/c1-2-19-18(20-12-15-8-9-15)21-13-16-6-3-4-7-17(16)14-23-11-5-10-22-23;/h3-7,10-11,15H,2,8-9,12-14H2,1H3,(H2,19,20,21);1H. The number of benzene rings is 1. The molecule has 1 aromatic carbocycles. The molecule has 0 aliphatic heterocycles. The van der Waals surface area contributed by atoms with Gasteiger partial charge in [-0.2, -0.15) is 5.10 Å². The van der Waals surface area contributed by atoms with Crippen LogP contribution in [0.25, 0.3) is 0 Å². The van der Waals surface area contributed by atoms with Gasteiger partial charge in [-0.15, -0.1) is 24.0 Å².